The Morgan fingerprint density at radius 2 is 1.56 bits per heavy atom. The summed E-state index contributed by atoms with van der Waals surface area (Å²) >= 11 is 0. The highest BCUT2D eigenvalue weighted by Gasteiger charge is 2.36. The number of hydrogen-bond acceptors (Lipinski definition) is 7. The van der Waals surface area contributed by atoms with Crippen molar-refractivity contribution < 1.29 is 29.0 Å². The van der Waals surface area contributed by atoms with Crippen LogP contribution in [0.4, 0.5) is 10.5 Å². The number of rotatable bonds is 7. The topological polar surface area (TPSA) is 108 Å². The van der Waals surface area contributed by atoms with E-state index in [1.807, 2.05) is 37.3 Å². The molecule has 1 atom stereocenters. The average Bonchev–Trinajstić information content (AvgIpc) is 3.65. The number of carbonyl (C=O) groups excluding carboxylic acids is 3. The Morgan fingerprint density at radius 1 is 0.797 bits per heavy atom. The first-order valence-electron chi connectivity index (χ1n) is 20.9. The minimum Gasteiger partial charge on any atom is -0.508 e. The van der Waals surface area contributed by atoms with Crippen molar-refractivity contribution in [2.75, 3.05) is 51.3 Å². The Morgan fingerprint density at radius 3 is 2.34 bits per heavy atom. The van der Waals surface area contributed by atoms with E-state index in [1.54, 1.807) is 53.2 Å². The van der Waals surface area contributed by atoms with Gasteiger partial charge in [-0.2, -0.15) is 0 Å². The van der Waals surface area contributed by atoms with Crippen molar-refractivity contribution >= 4 is 23.6 Å². The van der Waals surface area contributed by atoms with Crippen LogP contribution in [0.3, 0.4) is 0 Å². The quantitative estimate of drug-likeness (QED) is 0.185. The summed E-state index contributed by atoms with van der Waals surface area (Å²) in [5, 5.41) is 9.92. The first kappa shape index (κ1) is 38.6. The fraction of sp³-hybridized carbons (Fsp3) is 0.354. The summed E-state index contributed by atoms with van der Waals surface area (Å²) < 4.78 is 13.7. The normalized spacial score (nSPS) is 17.8. The Labute approximate surface area is 345 Å². The van der Waals surface area contributed by atoms with Gasteiger partial charge < -0.3 is 33.8 Å². The van der Waals surface area contributed by atoms with Crippen LogP contribution >= 0.6 is 0 Å². The number of phenols is 1. The fourth-order valence-corrected chi connectivity index (χ4v) is 9.21. The molecule has 1 saturated heterocycles. The van der Waals surface area contributed by atoms with E-state index in [9.17, 15) is 14.7 Å². The van der Waals surface area contributed by atoms with Gasteiger partial charge in [0.1, 0.15) is 11.5 Å². The standard InChI is InChI=1S/C48H51N5O6/c1-32-10-16-40(17-11-32)59-48(57)51-20-18-34-26-41(45-28-43(44-9-5-6-19-52(44)45)46(55)49(2)37-12-14-39(54)15-13-37)42(27-36(34)29-51)47(56)53-30-35-8-4-3-7-33(35)25-38(53)31-50-21-23-58-24-22-50/h3-4,7-8,10-17,26-28,38,54H,5-6,9,18-25,29-31H2,1-2H3/t38-/m0/s1. The molecular formula is C48H51N5O6. The van der Waals surface area contributed by atoms with Crippen LogP contribution in [0.15, 0.2) is 91.0 Å². The highest BCUT2D eigenvalue weighted by molar-refractivity contribution is 6.08. The van der Waals surface area contributed by atoms with Crippen LogP contribution in [0.2, 0.25) is 0 Å². The molecule has 0 unspecified atom stereocenters. The second kappa shape index (κ2) is 16.4. The van der Waals surface area contributed by atoms with Crippen LogP contribution in [-0.2, 0) is 43.6 Å². The lowest BCUT2D eigenvalue weighted by atomic mass is 9.89. The number of fused-ring (bicyclic) bond motifs is 3. The molecule has 5 heterocycles. The Balaban J connectivity index is 1.12. The molecule has 1 N–H and O–H groups in total. The molecule has 59 heavy (non-hydrogen) atoms. The van der Waals surface area contributed by atoms with Crippen molar-refractivity contribution in [1.82, 2.24) is 19.3 Å². The summed E-state index contributed by atoms with van der Waals surface area (Å²) in [4.78, 5) is 51.2. The number of phenolic OH excluding ortho intramolecular Hbond substituents is 1. The van der Waals surface area contributed by atoms with Gasteiger partial charge in [0.2, 0.25) is 0 Å². The molecule has 1 fully saturated rings. The third-order valence-corrected chi connectivity index (χ3v) is 12.6. The molecule has 4 aliphatic heterocycles. The van der Waals surface area contributed by atoms with E-state index in [1.165, 1.54) is 5.56 Å². The van der Waals surface area contributed by atoms with Gasteiger partial charge in [0.15, 0.2) is 0 Å². The van der Waals surface area contributed by atoms with Crippen molar-refractivity contribution in [2.24, 2.45) is 0 Å². The predicted molar refractivity (Wildman–Crippen MR) is 226 cm³/mol. The third kappa shape index (κ3) is 7.84. The summed E-state index contributed by atoms with van der Waals surface area (Å²) in [5.41, 5.74) is 9.99. The number of morpholine rings is 1. The van der Waals surface area contributed by atoms with Gasteiger partial charge in [-0.25, -0.2) is 4.79 Å². The molecule has 0 saturated carbocycles. The second-order valence-electron chi connectivity index (χ2n) is 16.4. The molecule has 0 spiro atoms. The number of nitrogens with zero attached hydrogens (tertiary/aromatic N) is 5. The van der Waals surface area contributed by atoms with Crippen molar-refractivity contribution in [3.05, 3.63) is 136 Å². The first-order valence-corrected chi connectivity index (χ1v) is 20.9. The number of aromatic nitrogens is 1. The number of aryl methyl sites for hydroxylation is 1. The maximum absolute atomic E-state index is 15.5. The fourth-order valence-electron chi connectivity index (χ4n) is 9.21. The molecule has 304 valence electrons. The molecule has 0 radical (unpaired) electrons. The van der Waals surface area contributed by atoms with Gasteiger partial charge in [-0.3, -0.25) is 14.5 Å². The van der Waals surface area contributed by atoms with Gasteiger partial charge in [0.25, 0.3) is 11.8 Å². The summed E-state index contributed by atoms with van der Waals surface area (Å²) in [7, 11) is 1.76. The number of ether oxygens (including phenoxy) is 2. The molecular weight excluding hydrogens is 743 g/mol. The molecule has 0 bridgehead atoms. The zero-order valence-corrected chi connectivity index (χ0v) is 33.9. The molecule has 4 aliphatic rings. The third-order valence-electron chi connectivity index (χ3n) is 12.6. The number of carbonyl (C=O) groups is 3. The first-order chi connectivity index (χ1) is 28.7. The van der Waals surface area contributed by atoms with Gasteiger partial charge in [0, 0.05) is 87.1 Å². The van der Waals surface area contributed by atoms with E-state index in [4.69, 9.17) is 9.47 Å². The van der Waals surface area contributed by atoms with Crippen molar-refractivity contribution in [2.45, 2.75) is 64.7 Å². The van der Waals surface area contributed by atoms with Crippen molar-refractivity contribution in [3.8, 4) is 22.8 Å². The van der Waals surface area contributed by atoms with E-state index < -0.39 is 6.09 Å². The lowest BCUT2D eigenvalue weighted by molar-refractivity contribution is 0.0193. The largest absolute Gasteiger partial charge is 0.508 e. The highest BCUT2D eigenvalue weighted by Crippen LogP contribution is 2.38. The maximum Gasteiger partial charge on any atom is 0.415 e. The molecule has 11 heteroatoms. The lowest BCUT2D eigenvalue weighted by Crippen LogP contribution is -2.52. The van der Waals surface area contributed by atoms with Crippen LogP contribution in [0, 0.1) is 6.92 Å². The van der Waals surface area contributed by atoms with Crippen molar-refractivity contribution in [1.29, 1.82) is 0 Å². The van der Waals surface area contributed by atoms with Gasteiger partial charge >= 0.3 is 6.09 Å². The Hall–Kier alpha value is -5.91. The van der Waals surface area contributed by atoms with Crippen LogP contribution in [0.1, 0.15) is 67.1 Å². The molecule has 11 nitrogen and oxygen atoms in total. The minimum absolute atomic E-state index is 0.0577. The Bertz CT molecular complexity index is 2380. The zero-order valence-electron chi connectivity index (χ0n) is 33.9. The molecule has 3 amide bonds. The SMILES string of the molecule is Cc1ccc(OC(=O)N2CCc3cc(-c4cc(C(=O)N(C)c5ccc(O)cc5)c5n4CCCC5)c(C(=O)N4Cc5ccccc5C[C@H]4CN4CCOCC4)cc3C2)cc1. The summed E-state index contributed by atoms with van der Waals surface area (Å²) in [6.45, 7) is 7.75. The number of anilines is 1. The van der Waals surface area contributed by atoms with E-state index in [2.05, 4.69) is 38.6 Å². The average molecular weight is 794 g/mol. The molecule has 4 aromatic carbocycles. The molecule has 0 aliphatic carbocycles. The van der Waals surface area contributed by atoms with E-state index >= 15 is 4.79 Å². The highest BCUT2D eigenvalue weighted by atomic mass is 16.6. The number of hydrogen-bond donors (Lipinski definition) is 1. The van der Waals surface area contributed by atoms with Crippen molar-refractivity contribution in [3.63, 3.8) is 0 Å². The minimum atomic E-state index is -0.420. The van der Waals surface area contributed by atoms with Gasteiger partial charge in [-0.05, 0) is 116 Å². The summed E-state index contributed by atoms with van der Waals surface area (Å²) in [6, 6.07) is 28.6. The van der Waals surface area contributed by atoms with Gasteiger partial charge in [-0.1, -0.05) is 42.0 Å². The van der Waals surface area contributed by atoms with E-state index in [-0.39, 0.29) is 23.6 Å². The number of amides is 3. The molecule has 9 rings (SSSR count). The van der Waals surface area contributed by atoms with Gasteiger partial charge in [-0.15, -0.1) is 0 Å². The summed E-state index contributed by atoms with van der Waals surface area (Å²) in [6.07, 6.45) is 3.61. The smallest absolute Gasteiger partial charge is 0.415 e. The molecule has 1 aromatic heterocycles. The lowest BCUT2D eigenvalue weighted by Gasteiger charge is -2.41. The van der Waals surface area contributed by atoms with Gasteiger partial charge in [0.05, 0.1) is 18.8 Å². The van der Waals surface area contributed by atoms with Crippen LogP contribution in [-0.4, -0.2) is 94.8 Å². The van der Waals surface area contributed by atoms with Crippen LogP contribution in [0.5, 0.6) is 11.5 Å². The van der Waals surface area contributed by atoms with Crippen LogP contribution in [0.25, 0.3) is 11.3 Å². The number of aromatic hydroxyl groups is 1. The van der Waals surface area contributed by atoms with E-state index in [0.717, 1.165) is 91.1 Å². The maximum atomic E-state index is 15.5. The van der Waals surface area contributed by atoms with E-state index in [0.29, 0.717) is 61.8 Å². The molecule has 5 aromatic rings. The Kier molecular flexibility index (Phi) is 10.7. The monoisotopic (exact) mass is 793 g/mol. The predicted octanol–water partition coefficient (Wildman–Crippen LogP) is 7.24. The zero-order chi connectivity index (χ0) is 40.6. The van der Waals surface area contributed by atoms with Crippen LogP contribution < -0.4 is 9.64 Å². The number of benzene rings is 4. The summed E-state index contributed by atoms with van der Waals surface area (Å²) in [5.74, 6) is 0.432. The second-order valence-corrected chi connectivity index (χ2v) is 16.4.